The third-order valence-electron chi connectivity index (χ3n) is 4.90. The fourth-order valence-electron chi connectivity index (χ4n) is 3.58. The van der Waals surface area contributed by atoms with Crippen LogP contribution in [0.3, 0.4) is 0 Å². The highest BCUT2D eigenvalue weighted by molar-refractivity contribution is 6.28. The lowest BCUT2D eigenvalue weighted by molar-refractivity contribution is -0.0320. The van der Waals surface area contributed by atoms with Gasteiger partial charge in [-0.3, -0.25) is 10.1 Å². The van der Waals surface area contributed by atoms with Crippen LogP contribution in [0, 0.1) is 5.92 Å². The van der Waals surface area contributed by atoms with E-state index in [0.717, 1.165) is 24.3 Å². The first kappa shape index (κ1) is 17.4. The number of hydroxylamine groups is 1. The number of hydrogen-bond donors (Lipinski definition) is 1. The zero-order valence-corrected chi connectivity index (χ0v) is 14.8. The maximum absolute atomic E-state index is 10.1. The molecule has 0 spiro atoms. The Balaban J connectivity index is 1.97. The van der Waals surface area contributed by atoms with E-state index >= 15 is 0 Å². The second kappa shape index (κ2) is 6.26. The van der Waals surface area contributed by atoms with Gasteiger partial charge in [-0.25, -0.2) is 10.0 Å². The Bertz CT molecular complexity index is 504. The molecule has 2 rings (SSSR count). The number of nitrogens with zero attached hydrogens (tertiary/aromatic N) is 5. The zero-order chi connectivity index (χ0) is 16.5. The molecule has 0 amide bonds. The SMILES string of the molecule is CN1C(C)(C)CC(CCN(O)c2ncnc(Cl)n2)CC1(C)C. The van der Waals surface area contributed by atoms with Gasteiger partial charge in [0.1, 0.15) is 6.33 Å². The molecule has 0 aliphatic carbocycles. The fourth-order valence-corrected chi connectivity index (χ4v) is 3.70. The molecule has 1 aliphatic rings. The molecular weight excluding hydrogens is 302 g/mol. The van der Waals surface area contributed by atoms with Crippen molar-refractivity contribution in [2.24, 2.45) is 5.92 Å². The molecule has 2 heterocycles. The van der Waals surface area contributed by atoms with Crippen molar-refractivity contribution in [1.82, 2.24) is 19.9 Å². The number of halogens is 1. The minimum absolute atomic E-state index is 0.0885. The molecule has 0 aromatic carbocycles. The minimum Gasteiger partial charge on any atom is -0.296 e. The summed E-state index contributed by atoms with van der Waals surface area (Å²) in [6, 6.07) is 0. The molecule has 0 saturated carbocycles. The summed E-state index contributed by atoms with van der Waals surface area (Å²) >= 11 is 5.72. The third-order valence-corrected chi connectivity index (χ3v) is 5.08. The maximum atomic E-state index is 10.1. The predicted molar refractivity (Wildman–Crippen MR) is 87.2 cm³/mol. The van der Waals surface area contributed by atoms with Crippen LogP contribution >= 0.6 is 11.6 Å². The Labute approximate surface area is 137 Å². The van der Waals surface area contributed by atoms with Gasteiger partial charge in [0.25, 0.3) is 5.95 Å². The van der Waals surface area contributed by atoms with Crippen LogP contribution in [0.25, 0.3) is 0 Å². The topological polar surface area (TPSA) is 65.4 Å². The molecule has 1 N–H and O–H groups in total. The number of rotatable bonds is 4. The van der Waals surface area contributed by atoms with Gasteiger partial charge in [-0.1, -0.05) is 0 Å². The first-order valence-electron chi connectivity index (χ1n) is 7.67. The van der Waals surface area contributed by atoms with Crippen LogP contribution in [0.1, 0.15) is 47.0 Å². The highest BCUT2D eigenvalue weighted by Crippen LogP contribution is 2.41. The number of hydrogen-bond acceptors (Lipinski definition) is 6. The molecule has 7 heteroatoms. The van der Waals surface area contributed by atoms with Gasteiger partial charge in [0.2, 0.25) is 5.28 Å². The van der Waals surface area contributed by atoms with E-state index in [2.05, 4.69) is 54.6 Å². The van der Waals surface area contributed by atoms with Crippen LogP contribution in [0.5, 0.6) is 0 Å². The van der Waals surface area contributed by atoms with Crippen molar-refractivity contribution in [3.8, 4) is 0 Å². The van der Waals surface area contributed by atoms with Gasteiger partial charge < -0.3 is 0 Å². The number of likely N-dealkylation sites (tertiary alicyclic amines) is 1. The van der Waals surface area contributed by atoms with Crippen molar-refractivity contribution in [2.75, 3.05) is 18.7 Å². The largest absolute Gasteiger partial charge is 0.296 e. The van der Waals surface area contributed by atoms with Gasteiger partial charge in [0, 0.05) is 17.6 Å². The molecule has 1 saturated heterocycles. The molecule has 124 valence electrons. The van der Waals surface area contributed by atoms with Gasteiger partial charge in [-0.15, -0.1) is 0 Å². The van der Waals surface area contributed by atoms with E-state index in [1.807, 2.05) is 0 Å². The van der Waals surface area contributed by atoms with Crippen molar-refractivity contribution in [3.63, 3.8) is 0 Å². The van der Waals surface area contributed by atoms with Crippen LogP contribution in [-0.4, -0.2) is 49.7 Å². The summed E-state index contributed by atoms with van der Waals surface area (Å²) in [5, 5.41) is 11.2. The molecule has 0 unspecified atom stereocenters. The van der Waals surface area contributed by atoms with Gasteiger partial charge in [0.15, 0.2) is 0 Å². The Morgan fingerprint density at radius 1 is 1.27 bits per heavy atom. The Morgan fingerprint density at radius 2 is 1.86 bits per heavy atom. The van der Waals surface area contributed by atoms with Crippen LogP contribution in [0.4, 0.5) is 5.95 Å². The molecular formula is C15H26ClN5O. The second-order valence-corrected chi connectivity index (χ2v) is 7.76. The molecule has 22 heavy (non-hydrogen) atoms. The highest BCUT2D eigenvalue weighted by atomic mass is 35.5. The van der Waals surface area contributed by atoms with Crippen LogP contribution in [0.2, 0.25) is 5.28 Å². The molecule has 0 bridgehead atoms. The Hall–Kier alpha value is -0.980. The van der Waals surface area contributed by atoms with Gasteiger partial charge in [0.05, 0.1) is 0 Å². The Kier molecular flexibility index (Phi) is 4.94. The summed E-state index contributed by atoms with van der Waals surface area (Å²) in [6.07, 6.45) is 4.41. The van der Waals surface area contributed by atoms with Crippen molar-refractivity contribution in [3.05, 3.63) is 11.6 Å². The predicted octanol–water partition coefficient (Wildman–Crippen LogP) is 3.01. The molecule has 1 fully saturated rings. The molecule has 1 aromatic rings. The highest BCUT2D eigenvalue weighted by Gasteiger charge is 2.42. The van der Waals surface area contributed by atoms with E-state index in [1.54, 1.807) is 0 Å². The number of aromatic nitrogens is 3. The van der Waals surface area contributed by atoms with E-state index in [-0.39, 0.29) is 22.3 Å². The van der Waals surface area contributed by atoms with Crippen molar-refractivity contribution in [2.45, 2.75) is 58.0 Å². The smallest absolute Gasteiger partial charge is 0.253 e. The van der Waals surface area contributed by atoms with Gasteiger partial charge in [-0.05, 0) is 71.5 Å². The summed E-state index contributed by atoms with van der Waals surface area (Å²) in [5.74, 6) is 0.750. The molecule has 6 nitrogen and oxygen atoms in total. The van der Waals surface area contributed by atoms with E-state index < -0.39 is 0 Å². The first-order valence-corrected chi connectivity index (χ1v) is 8.04. The summed E-state index contributed by atoms with van der Waals surface area (Å²) in [6.45, 7) is 9.61. The average Bonchev–Trinajstić information content (AvgIpc) is 2.41. The summed E-state index contributed by atoms with van der Waals surface area (Å²) in [4.78, 5) is 14.0. The lowest BCUT2D eigenvalue weighted by atomic mass is 9.73. The number of anilines is 1. The van der Waals surface area contributed by atoms with E-state index in [4.69, 9.17) is 11.6 Å². The van der Waals surface area contributed by atoms with Crippen molar-refractivity contribution in [1.29, 1.82) is 0 Å². The standard InChI is InChI=1S/C15H26ClN5O/c1-14(2)8-11(9-15(3,4)20(14)5)6-7-21(22)13-18-10-17-12(16)19-13/h10-11,22H,6-9H2,1-5H3. The lowest BCUT2D eigenvalue weighted by Gasteiger charge is -2.54. The van der Waals surface area contributed by atoms with Crippen LogP contribution in [-0.2, 0) is 0 Å². The number of piperidine rings is 1. The summed E-state index contributed by atoms with van der Waals surface area (Å²) < 4.78 is 0. The van der Waals surface area contributed by atoms with Crippen LogP contribution < -0.4 is 5.06 Å². The molecule has 1 aromatic heterocycles. The monoisotopic (exact) mass is 327 g/mol. The lowest BCUT2D eigenvalue weighted by Crippen LogP contribution is -2.58. The normalized spacial score (nSPS) is 21.8. The van der Waals surface area contributed by atoms with Crippen molar-refractivity contribution >= 4 is 17.5 Å². The fraction of sp³-hybridized carbons (Fsp3) is 0.800. The summed E-state index contributed by atoms with van der Waals surface area (Å²) in [5.41, 5.74) is 0.312. The molecule has 0 atom stereocenters. The average molecular weight is 328 g/mol. The van der Waals surface area contributed by atoms with Crippen molar-refractivity contribution < 1.29 is 5.21 Å². The minimum atomic E-state index is 0.0885. The van der Waals surface area contributed by atoms with E-state index in [9.17, 15) is 5.21 Å². The van der Waals surface area contributed by atoms with Gasteiger partial charge in [-0.2, -0.15) is 9.97 Å². The Morgan fingerprint density at radius 3 is 2.41 bits per heavy atom. The van der Waals surface area contributed by atoms with Gasteiger partial charge >= 0.3 is 0 Å². The summed E-state index contributed by atoms with van der Waals surface area (Å²) in [7, 11) is 2.20. The second-order valence-electron chi connectivity index (χ2n) is 7.42. The van der Waals surface area contributed by atoms with E-state index in [1.165, 1.54) is 6.33 Å². The first-order chi connectivity index (χ1) is 10.1. The quantitative estimate of drug-likeness (QED) is 0.858. The third kappa shape index (κ3) is 3.86. The maximum Gasteiger partial charge on any atom is 0.253 e. The molecule has 0 radical (unpaired) electrons. The van der Waals surface area contributed by atoms with E-state index in [0.29, 0.717) is 12.5 Å². The molecule has 1 aliphatic heterocycles. The van der Waals surface area contributed by atoms with Crippen LogP contribution in [0.15, 0.2) is 6.33 Å². The zero-order valence-electron chi connectivity index (χ0n) is 14.0.